The van der Waals surface area contributed by atoms with Gasteiger partial charge in [-0.2, -0.15) is 0 Å². The lowest BCUT2D eigenvalue weighted by Crippen LogP contribution is -2.55. The highest BCUT2D eigenvalue weighted by Gasteiger charge is 2.31. The number of piperazine rings is 1. The molecule has 24 heavy (non-hydrogen) atoms. The number of benzene rings is 1. The number of hydrogen-bond donors (Lipinski definition) is 1. The molecule has 0 radical (unpaired) electrons. The zero-order valence-corrected chi connectivity index (χ0v) is 14.2. The average Bonchev–Trinajstić information content (AvgIpc) is 2.58. The molecule has 0 saturated carbocycles. The summed E-state index contributed by atoms with van der Waals surface area (Å²) in [6.45, 7) is 3.94. The first-order valence-corrected chi connectivity index (χ1v) is 8.12. The second-order valence-electron chi connectivity index (χ2n) is 5.46. The van der Waals surface area contributed by atoms with Gasteiger partial charge in [-0.1, -0.05) is 30.4 Å². The van der Waals surface area contributed by atoms with Gasteiger partial charge in [0.25, 0.3) is 0 Å². The van der Waals surface area contributed by atoms with E-state index in [1.165, 1.54) is 0 Å². The molecule has 0 spiro atoms. The molecule has 1 N–H and O–H groups in total. The normalized spacial score (nSPS) is 18.4. The van der Waals surface area contributed by atoms with Crippen LogP contribution in [0.3, 0.4) is 0 Å². The Morgan fingerprint density at radius 1 is 1.42 bits per heavy atom. The first-order valence-electron chi connectivity index (χ1n) is 8.12. The predicted molar refractivity (Wildman–Crippen MR) is 91.6 cm³/mol. The molecule has 130 valence electrons. The Balaban J connectivity index is 2.01. The molecule has 6 nitrogen and oxygen atoms in total. The largest absolute Gasteiger partial charge is 0.496 e. The van der Waals surface area contributed by atoms with Crippen LogP contribution in [0.1, 0.15) is 18.9 Å². The van der Waals surface area contributed by atoms with Gasteiger partial charge >= 0.3 is 5.97 Å². The van der Waals surface area contributed by atoms with Crippen molar-refractivity contribution in [3.05, 3.63) is 35.9 Å². The number of methoxy groups -OCH3 is 1. The number of esters is 1. The fourth-order valence-electron chi connectivity index (χ4n) is 2.70. The summed E-state index contributed by atoms with van der Waals surface area (Å²) in [5.74, 6) is 0.325. The Morgan fingerprint density at radius 3 is 2.96 bits per heavy atom. The van der Waals surface area contributed by atoms with Gasteiger partial charge in [-0.25, -0.2) is 0 Å². The van der Waals surface area contributed by atoms with E-state index >= 15 is 0 Å². The van der Waals surface area contributed by atoms with Crippen LogP contribution in [0.5, 0.6) is 5.75 Å². The van der Waals surface area contributed by atoms with Crippen molar-refractivity contribution in [2.75, 3.05) is 33.4 Å². The summed E-state index contributed by atoms with van der Waals surface area (Å²) in [5, 5.41) is 2.80. The lowest BCUT2D eigenvalue weighted by molar-refractivity contribution is -0.147. The molecule has 1 saturated heterocycles. The van der Waals surface area contributed by atoms with Crippen LogP contribution in [0, 0.1) is 0 Å². The van der Waals surface area contributed by atoms with Crippen molar-refractivity contribution in [1.82, 2.24) is 10.2 Å². The molecule has 1 aliphatic rings. The number of para-hydroxylation sites is 1. The summed E-state index contributed by atoms with van der Waals surface area (Å²) in [6, 6.07) is 7.24. The van der Waals surface area contributed by atoms with E-state index in [0.717, 1.165) is 11.3 Å². The molecule has 1 aromatic rings. The van der Waals surface area contributed by atoms with Gasteiger partial charge in [0.05, 0.1) is 26.2 Å². The minimum absolute atomic E-state index is 0.0716. The lowest BCUT2D eigenvalue weighted by atomic mass is 10.1. The third kappa shape index (κ3) is 4.83. The van der Waals surface area contributed by atoms with Crippen molar-refractivity contribution >= 4 is 18.0 Å². The number of amides is 1. The third-order valence-electron chi connectivity index (χ3n) is 3.88. The molecular weight excluding hydrogens is 308 g/mol. The van der Waals surface area contributed by atoms with Crippen molar-refractivity contribution < 1.29 is 19.1 Å². The van der Waals surface area contributed by atoms with Crippen molar-refractivity contribution in [3.63, 3.8) is 0 Å². The van der Waals surface area contributed by atoms with Gasteiger partial charge in [0.2, 0.25) is 5.91 Å². The number of hydrogen-bond acceptors (Lipinski definition) is 5. The van der Waals surface area contributed by atoms with E-state index in [0.29, 0.717) is 26.2 Å². The van der Waals surface area contributed by atoms with Gasteiger partial charge < -0.3 is 14.8 Å². The first-order chi connectivity index (χ1) is 11.7. The van der Waals surface area contributed by atoms with Gasteiger partial charge in [0, 0.05) is 25.2 Å². The average molecular weight is 332 g/mol. The fourth-order valence-corrected chi connectivity index (χ4v) is 2.70. The second kappa shape index (κ2) is 9.08. The Labute approximate surface area is 142 Å². The van der Waals surface area contributed by atoms with Gasteiger partial charge in [-0.05, 0) is 13.0 Å². The zero-order chi connectivity index (χ0) is 17.4. The Kier molecular flexibility index (Phi) is 6.81. The van der Waals surface area contributed by atoms with Crippen LogP contribution in [0.4, 0.5) is 0 Å². The lowest BCUT2D eigenvalue weighted by Gasteiger charge is -2.33. The van der Waals surface area contributed by atoms with Crippen LogP contribution in [0.15, 0.2) is 30.3 Å². The van der Waals surface area contributed by atoms with E-state index in [1.54, 1.807) is 14.0 Å². The van der Waals surface area contributed by atoms with Crippen LogP contribution in [0.2, 0.25) is 0 Å². The highest BCUT2D eigenvalue weighted by atomic mass is 16.5. The summed E-state index contributed by atoms with van der Waals surface area (Å²) in [7, 11) is 1.64. The molecule has 0 aromatic heterocycles. The minimum Gasteiger partial charge on any atom is -0.496 e. The van der Waals surface area contributed by atoms with Gasteiger partial charge in [0.15, 0.2) is 0 Å². The smallest absolute Gasteiger partial charge is 0.307 e. The molecular formula is C18H24N2O4. The summed E-state index contributed by atoms with van der Waals surface area (Å²) >= 11 is 0. The molecule has 1 aliphatic heterocycles. The summed E-state index contributed by atoms with van der Waals surface area (Å²) < 4.78 is 10.3. The number of ether oxygens (including phenoxy) is 2. The van der Waals surface area contributed by atoms with Gasteiger partial charge in [0.1, 0.15) is 5.75 Å². The highest BCUT2D eigenvalue weighted by Crippen LogP contribution is 2.19. The number of nitrogens with one attached hydrogen (secondary N) is 1. The Morgan fingerprint density at radius 2 is 2.21 bits per heavy atom. The molecule has 1 unspecified atom stereocenters. The summed E-state index contributed by atoms with van der Waals surface area (Å²) in [6.07, 6.45) is 4.02. The fraction of sp³-hybridized carbons (Fsp3) is 0.444. The van der Waals surface area contributed by atoms with Crippen LogP contribution in [0.25, 0.3) is 6.08 Å². The quantitative estimate of drug-likeness (QED) is 0.766. The van der Waals surface area contributed by atoms with Gasteiger partial charge in [-0.3, -0.25) is 14.5 Å². The van der Waals surface area contributed by atoms with E-state index in [1.807, 2.05) is 41.3 Å². The maximum atomic E-state index is 12.1. The van der Waals surface area contributed by atoms with Crippen LogP contribution < -0.4 is 10.1 Å². The van der Waals surface area contributed by atoms with Gasteiger partial charge in [-0.15, -0.1) is 0 Å². The minimum atomic E-state index is -0.486. The monoisotopic (exact) mass is 332 g/mol. The Hall–Kier alpha value is -2.34. The van der Waals surface area contributed by atoms with Crippen molar-refractivity contribution in [2.24, 2.45) is 0 Å². The molecule has 1 fully saturated rings. The third-order valence-corrected chi connectivity index (χ3v) is 3.88. The van der Waals surface area contributed by atoms with E-state index in [4.69, 9.17) is 9.47 Å². The maximum Gasteiger partial charge on any atom is 0.307 e. The summed E-state index contributed by atoms with van der Waals surface area (Å²) in [4.78, 5) is 25.8. The molecule has 2 rings (SSSR count). The molecule has 0 bridgehead atoms. The van der Waals surface area contributed by atoms with E-state index < -0.39 is 6.04 Å². The standard InChI is InChI=1S/C18H24N2O4/c1-3-24-17(21)13-15-18(22)19-10-12-20(15)11-6-8-14-7-4-5-9-16(14)23-2/h4-9,15H,3,10-13H2,1-2H3,(H,19,22)/b8-6-. The van der Waals surface area contributed by atoms with Crippen LogP contribution in [-0.2, 0) is 14.3 Å². The van der Waals surface area contributed by atoms with E-state index in [-0.39, 0.29) is 18.3 Å². The number of nitrogens with zero attached hydrogens (tertiary/aromatic N) is 1. The van der Waals surface area contributed by atoms with E-state index in [2.05, 4.69) is 5.32 Å². The Bertz CT molecular complexity index is 600. The molecule has 6 heteroatoms. The van der Waals surface area contributed by atoms with Crippen molar-refractivity contribution in [2.45, 2.75) is 19.4 Å². The summed E-state index contributed by atoms with van der Waals surface area (Å²) in [5.41, 5.74) is 0.975. The van der Waals surface area contributed by atoms with E-state index in [9.17, 15) is 9.59 Å². The molecule has 1 atom stereocenters. The maximum absolute atomic E-state index is 12.1. The zero-order valence-electron chi connectivity index (χ0n) is 14.2. The highest BCUT2D eigenvalue weighted by molar-refractivity contribution is 5.87. The van der Waals surface area contributed by atoms with Crippen molar-refractivity contribution in [1.29, 1.82) is 0 Å². The number of carbonyl (C=O) groups is 2. The van der Waals surface area contributed by atoms with Crippen molar-refractivity contribution in [3.8, 4) is 5.75 Å². The number of rotatable bonds is 7. The topological polar surface area (TPSA) is 67.9 Å². The predicted octanol–water partition coefficient (Wildman–Crippen LogP) is 1.46. The first kappa shape index (κ1) is 18.0. The second-order valence-corrected chi connectivity index (χ2v) is 5.46. The number of carbonyl (C=O) groups excluding carboxylic acids is 2. The molecule has 1 aromatic carbocycles. The molecule has 0 aliphatic carbocycles. The molecule has 1 heterocycles. The SMILES string of the molecule is CCOC(=O)CC1C(=O)NCCN1C/C=C\c1ccccc1OC. The van der Waals surface area contributed by atoms with Crippen LogP contribution in [-0.4, -0.2) is 56.2 Å². The van der Waals surface area contributed by atoms with Crippen LogP contribution >= 0.6 is 0 Å². The molecule has 1 amide bonds.